The Morgan fingerprint density at radius 1 is 0.839 bits per heavy atom. The highest BCUT2D eigenvalue weighted by molar-refractivity contribution is 5.98. The first-order chi connectivity index (χ1) is 14.9. The van der Waals surface area contributed by atoms with Gasteiger partial charge in [-0.25, -0.2) is 0 Å². The maximum Gasteiger partial charge on any atom is 0.312 e. The predicted molar refractivity (Wildman–Crippen MR) is 113 cm³/mol. The second kappa shape index (κ2) is 11.2. The molecule has 2 atom stereocenters. The highest BCUT2D eigenvalue weighted by atomic mass is 16.5. The van der Waals surface area contributed by atoms with E-state index in [1.807, 2.05) is 0 Å². The Kier molecular flexibility index (Phi) is 8.69. The van der Waals surface area contributed by atoms with Gasteiger partial charge in [0.2, 0.25) is 0 Å². The summed E-state index contributed by atoms with van der Waals surface area (Å²) in [6, 6.07) is 9.52. The molecule has 2 aromatic carbocycles. The fourth-order valence-corrected chi connectivity index (χ4v) is 3.17. The number of aliphatic hydroxyl groups excluding tert-OH is 1. The van der Waals surface area contributed by atoms with Crippen molar-refractivity contribution in [2.45, 2.75) is 19.4 Å². The molecule has 0 bridgehead atoms. The summed E-state index contributed by atoms with van der Waals surface area (Å²) >= 11 is 0. The van der Waals surface area contributed by atoms with E-state index in [4.69, 9.17) is 23.7 Å². The van der Waals surface area contributed by atoms with Crippen molar-refractivity contribution < 1.29 is 38.4 Å². The van der Waals surface area contributed by atoms with Gasteiger partial charge in [0.05, 0.1) is 47.1 Å². The Hall–Kier alpha value is -3.26. The van der Waals surface area contributed by atoms with E-state index in [0.717, 1.165) is 0 Å². The largest absolute Gasteiger partial charge is 0.493 e. The topological polar surface area (TPSA) is 101 Å². The van der Waals surface area contributed by atoms with Crippen LogP contribution in [0.5, 0.6) is 23.0 Å². The summed E-state index contributed by atoms with van der Waals surface area (Å²) in [6.45, 7) is 1.78. The van der Waals surface area contributed by atoms with Crippen LogP contribution in [0.4, 0.5) is 0 Å². The molecule has 0 fully saturated rings. The number of ether oxygens (including phenoxy) is 5. The number of ketones is 1. The minimum Gasteiger partial charge on any atom is -0.493 e. The van der Waals surface area contributed by atoms with Crippen LogP contribution in [-0.2, 0) is 9.53 Å². The van der Waals surface area contributed by atoms with Gasteiger partial charge in [0, 0.05) is 12.0 Å². The van der Waals surface area contributed by atoms with Crippen molar-refractivity contribution in [3.63, 3.8) is 0 Å². The van der Waals surface area contributed by atoms with E-state index in [1.165, 1.54) is 34.5 Å². The van der Waals surface area contributed by atoms with Crippen molar-refractivity contribution in [1.29, 1.82) is 0 Å². The van der Waals surface area contributed by atoms with Gasteiger partial charge in [0.1, 0.15) is 0 Å². The number of hydrogen-bond donors (Lipinski definition) is 1. The predicted octanol–water partition coefficient (Wildman–Crippen LogP) is 3.21. The van der Waals surface area contributed by atoms with Crippen LogP contribution in [0.15, 0.2) is 36.4 Å². The number of esters is 1. The van der Waals surface area contributed by atoms with Crippen LogP contribution in [0.3, 0.4) is 0 Å². The number of Topliss-reactive ketones (excluding diaryl/α,β-unsaturated/α-hetero) is 1. The van der Waals surface area contributed by atoms with Gasteiger partial charge in [-0.3, -0.25) is 9.59 Å². The molecule has 2 rings (SSSR count). The molecule has 0 saturated heterocycles. The zero-order valence-corrected chi connectivity index (χ0v) is 18.3. The Bertz CT molecular complexity index is 908. The lowest BCUT2D eigenvalue weighted by molar-refractivity contribution is -0.152. The second-order valence-corrected chi connectivity index (χ2v) is 6.61. The molecule has 0 unspecified atom stereocenters. The standard InChI is InChI=1S/C23H28O8/c1-6-31-23(26)16(22(25)15-8-10-19(28-3)21(12-15)30-5)13-17(24)14-7-9-18(27-2)20(11-14)29-4/h7-12,16,22,25H,6,13H2,1-5H3/t16-,22+/m0/s1. The minimum absolute atomic E-state index is 0.124. The summed E-state index contributed by atoms with van der Waals surface area (Å²) in [5.74, 6) is -0.385. The Labute approximate surface area is 181 Å². The Morgan fingerprint density at radius 2 is 1.39 bits per heavy atom. The Balaban J connectivity index is 2.34. The summed E-state index contributed by atoms with van der Waals surface area (Å²) in [4.78, 5) is 25.5. The molecule has 0 saturated carbocycles. The quantitative estimate of drug-likeness (QED) is 0.427. The summed E-state index contributed by atoms with van der Waals surface area (Å²) < 4.78 is 26.0. The average Bonchev–Trinajstić information content (AvgIpc) is 2.80. The first-order valence-electron chi connectivity index (χ1n) is 9.71. The molecule has 31 heavy (non-hydrogen) atoms. The van der Waals surface area contributed by atoms with Crippen molar-refractivity contribution in [2.24, 2.45) is 5.92 Å². The van der Waals surface area contributed by atoms with E-state index in [9.17, 15) is 14.7 Å². The van der Waals surface area contributed by atoms with E-state index < -0.39 is 18.0 Å². The van der Waals surface area contributed by atoms with Gasteiger partial charge in [0.25, 0.3) is 0 Å². The lowest BCUT2D eigenvalue weighted by Gasteiger charge is -2.22. The fourth-order valence-electron chi connectivity index (χ4n) is 3.17. The van der Waals surface area contributed by atoms with Crippen LogP contribution in [-0.4, -0.2) is 51.9 Å². The fraction of sp³-hybridized carbons (Fsp3) is 0.391. The van der Waals surface area contributed by atoms with Crippen molar-refractivity contribution >= 4 is 11.8 Å². The van der Waals surface area contributed by atoms with Crippen molar-refractivity contribution in [3.8, 4) is 23.0 Å². The molecule has 0 aromatic heterocycles. The summed E-state index contributed by atoms with van der Waals surface area (Å²) in [7, 11) is 5.93. The number of methoxy groups -OCH3 is 4. The molecule has 0 heterocycles. The number of carbonyl (C=O) groups excluding carboxylic acids is 2. The molecular formula is C23H28O8. The van der Waals surface area contributed by atoms with Crippen molar-refractivity contribution in [1.82, 2.24) is 0 Å². The van der Waals surface area contributed by atoms with E-state index in [0.29, 0.717) is 34.1 Å². The van der Waals surface area contributed by atoms with Crippen LogP contribution >= 0.6 is 0 Å². The molecule has 0 aliphatic rings. The normalized spacial score (nSPS) is 12.5. The number of benzene rings is 2. The minimum atomic E-state index is -1.29. The first kappa shape index (κ1) is 24.0. The summed E-state index contributed by atoms with van der Waals surface area (Å²) in [6.07, 6.45) is -1.55. The molecule has 0 spiro atoms. The number of rotatable bonds is 11. The lowest BCUT2D eigenvalue weighted by Crippen LogP contribution is -2.27. The van der Waals surface area contributed by atoms with E-state index in [2.05, 4.69) is 0 Å². The van der Waals surface area contributed by atoms with Gasteiger partial charge in [-0.15, -0.1) is 0 Å². The number of aliphatic hydroxyl groups is 1. The monoisotopic (exact) mass is 432 g/mol. The lowest BCUT2D eigenvalue weighted by atomic mass is 9.89. The Morgan fingerprint density at radius 3 is 1.94 bits per heavy atom. The number of hydrogen-bond acceptors (Lipinski definition) is 8. The van der Waals surface area contributed by atoms with Gasteiger partial charge < -0.3 is 28.8 Å². The van der Waals surface area contributed by atoms with Gasteiger partial charge in [0.15, 0.2) is 28.8 Å². The third-order valence-corrected chi connectivity index (χ3v) is 4.83. The van der Waals surface area contributed by atoms with Crippen LogP contribution in [0, 0.1) is 5.92 Å². The second-order valence-electron chi connectivity index (χ2n) is 6.61. The molecule has 1 N–H and O–H groups in total. The van der Waals surface area contributed by atoms with Gasteiger partial charge in [-0.2, -0.15) is 0 Å². The van der Waals surface area contributed by atoms with Crippen molar-refractivity contribution in [2.75, 3.05) is 35.0 Å². The molecule has 8 heteroatoms. The number of carbonyl (C=O) groups is 2. The SMILES string of the molecule is CCOC(=O)[C@@H](CC(=O)c1ccc(OC)c(OC)c1)[C@H](O)c1ccc(OC)c(OC)c1. The van der Waals surface area contributed by atoms with Crippen LogP contribution in [0.2, 0.25) is 0 Å². The van der Waals surface area contributed by atoms with Crippen molar-refractivity contribution in [3.05, 3.63) is 47.5 Å². The maximum atomic E-state index is 12.9. The van der Waals surface area contributed by atoms with Gasteiger partial charge >= 0.3 is 5.97 Å². The summed E-state index contributed by atoms with van der Waals surface area (Å²) in [5.41, 5.74) is 0.724. The molecule has 2 aromatic rings. The molecule has 0 amide bonds. The maximum absolute atomic E-state index is 12.9. The molecule has 8 nitrogen and oxygen atoms in total. The van der Waals surface area contributed by atoms with Crippen LogP contribution in [0.25, 0.3) is 0 Å². The zero-order valence-electron chi connectivity index (χ0n) is 18.3. The zero-order chi connectivity index (χ0) is 23.0. The van der Waals surface area contributed by atoms with E-state index in [1.54, 1.807) is 37.3 Å². The van der Waals surface area contributed by atoms with Gasteiger partial charge in [-0.1, -0.05) is 6.07 Å². The molecule has 168 valence electrons. The molecular weight excluding hydrogens is 404 g/mol. The van der Waals surface area contributed by atoms with E-state index in [-0.39, 0.29) is 18.8 Å². The van der Waals surface area contributed by atoms with Crippen LogP contribution < -0.4 is 18.9 Å². The van der Waals surface area contributed by atoms with Gasteiger partial charge in [-0.05, 0) is 42.8 Å². The highest BCUT2D eigenvalue weighted by Gasteiger charge is 2.32. The first-order valence-corrected chi connectivity index (χ1v) is 9.71. The summed E-state index contributed by atoms with van der Waals surface area (Å²) in [5, 5.41) is 10.9. The van der Waals surface area contributed by atoms with Crippen LogP contribution in [0.1, 0.15) is 35.4 Å². The molecule has 0 radical (unpaired) electrons. The smallest absolute Gasteiger partial charge is 0.312 e. The highest BCUT2D eigenvalue weighted by Crippen LogP contribution is 2.35. The average molecular weight is 432 g/mol. The molecule has 0 aliphatic heterocycles. The third kappa shape index (κ3) is 5.67. The molecule has 0 aliphatic carbocycles. The third-order valence-electron chi connectivity index (χ3n) is 4.83. The van der Waals surface area contributed by atoms with E-state index >= 15 is 0 Å².